The number of ether oxygens (including phenoxy) is 1. The first-order chi connectivity index (χ1) is 14.9. The maximum atomic E-state index is 12.1. The number of hydrogen-bond acceptors (Lipinski definition) is 7. The van der Waals surface area contributed by atoms with Gasteiger partial charge in [-0.3, -0.25) is 10.1 Å². The Hall–Kier alpha value is -3.56. The molecule has 0 aliphatic rings. The van der Waals surface area contributed by atoms with E-state index in [2.05, 4.69) is 5.32 Å². The second-order valence-corrected chi connectivity index (χ2v) is 7.16. The van der Waals surface area contributed by atoms with E-state index in [0.717, 1.165) is 0 Å². The summed E-state index contributed by atoms with van der Waals surface area (Å²) in [6, 6.07) is 10.2. The zero-order valence-electron chi connectivity index (χ0n) is 17.7. The molecule has 31 heavy (non-hydrogen) atoms. The molecule has 0 fully saturated rings. The van der Waals surface area contributed by atoms with Gasteiger partial charge < -0.3 is 29.7 Å². The van der Waals surface area contributed by atoms with Gasteiger partial charge in [-0.05, 0) is 42.5 Å². The van der Waals surface area contributed by atoms with E-state index in [9.17, 15) is 15.2 Å². The van der Waals surface area contributed by atoms with Gasteiger partial charge in [0.15, 0.2) is 0 Å². The number of phenols is 1. The highest BCUT2D eigenvalue weighted by atomic mass is 16.6. The standard InChI is InChI=1S/C22H26N4O5/c1-24(2)12-10-19-22(26(29)30)17-8-9-20(28)18(14-23-11-13-27)21(17)25(19)15-4-6-16(31-3)7-5-15/h4-10,12,23,27-28H,11,13-14H2,1-3H3. The van der Waals surface area contributed by atoms with Crippen LogP contribution in [-0.2, 0) is 6.54 Å². The smallest absolute Gasteiger partial charge is 0.302 e. The van der Waals surface area contributed by atoms with Crippen LogP contribution < -0.4 is 10.1 Å². The minimum atomic E-state index is -0.403. The molecular weight excluding hydrogens is 400 g/mol. The van der Waals surface area contributed by atoms with Crippen molar-refractivity contribution >= 4 is 22.7 Å². The molecule has 0 atom stereocenters. The number of nitrogens with zero attached hydrogens (tertiary/aromatic N) is 3. The highest BCUT2D eigenvalue weighted by molar-refractivity contribution is 5.99. The Balaban J connectivity index is 2.40. The van der Waals surface area contributed by atoms with Crippen molar-refractivity contribution in [3.8, 4) is 17.2 Å². The molecule has 3 rings (SSSR count). The van der Waals surface area contributed by atoms with Crippen molar-refractivity contribution in [1.82, 2.24) is 14.8 Å². The summed E-state index contributed by atoms with van der Waals surface area (Å²) < 4.78 is 7.01. The molecule has 3 N–H and O–H groups in total. The van der Waals surface area contributed by atoms with Gasteiger partial charge in [-0.1, -0.05) is 0 Å². The van der Waals surface area contributed by atoms with Gasteiger partial charge >= 0.3 is 5.69 Å². The normalized spacial score (nSPS) is 11.4. The lowest BCUT2D eigenvalue weighted by Crippen LogP contribution is -2.18. The molecule has 0 spiro atoms. The fourth-order valence-corrected chi connectivity index (χ4v) is 3.47. The number of fused-ring (bicyclic) bond motifs is 1. The molecule has 1 heterocycles. The van der Waals surface area contributed by atoms with E-state index in [1.165, 1.54) is 6.07 Å². The lowest BCUT2D eigenvalue weighted by atomic mass is 10.1. The number of aromatic nitrogens is 1. The minimum absolute atomic E-state index is 0.0169. The van der Waals surface area contributed by atoms with Gasteiger partial charge in [-0.2, -0.15) is 0 Å². The van der Waals surface area contributed by atoms with E-state index in [1.54, 1.807) is 47.1 Å². The number of rotatable bonds is 9. The third kappa shape index (κ3) is 4.47. The number of methoxy groups -OCH3 is 1. The van der Waals surface area contributed by atoms with Crippen LogP contribution in [-0.4, -0.2) is 59.0 Å². The number of aliphatic hydroxyl groups excluding tert-OH is 1. The molecule has 0 saturated heterocycles. The summed E-state index contributed by atoms with van der Waals surface area (Å²) in [7, 11) is 5.23. The lowest BCUT2D eigenvalue weighted by molar-refractivity contribution is -0.383. The molecule has 0 aliphatic heterocycles. The van der Waals surface area contributed by atoms with Crippen molar-refractivity contribution in [2.24, 2.45) is 0 Å². The summed E-state index contributed by atoms with van der Waals surface area (Å²) in [5, 5.41) is 35.3. The molecule has 0 unspecified atom stereocenters. The average Bonchev–Trinajstić information content (AvgIpc) is 3.08. The molecule has 0 bridgehead atoms. The van der Waals surface area contributed by atoms with Crippen molar-refractivity contribution in [3.63, 3.8) is 0 Å². The fourth-order valence-electron chi connectivity index (χ4n) is 3.47. The molecular formula is C22H26N4O5. The highest BCUT2D eigenvalue weighted by Crippen LogP contribution is 2.40. The van der Waals surface area contributed by atoms with E-state index in [0.29, 0.717) is 40.1 Å². The Kier molecular flexibility index (Phi) is 6.78. The summed E-state index contributed by atoms with van der Waals surface area (Å²) in [5.41, 5.74) is 2.06. The number of hydrogen-bond donors (Lipinski definition) is 3. The highest BCUT2D eigenvalue weighted by Gasteiger charge is 2.28. The molecule has 164 valence electrons. The van der Waals surface area contributed by atoms with Crippen molar-refractivity contribution in [1.29, 1.82) is 0 Å². The molecule has 3 aromatic rings. The number of phenolic OH excluding ortho intramolecular Hbond substituents is 1. The van der Waals surface area contributed by atoms with Crippen LogP contribution in [0.4, 0.5) is 5.69 Å². The molecule has 0 amide bonds. The van der Waals surface area contributed by atoms with Crippen LogP contribution in [0.1, 0.15) is 11.3 Å². The van der Waals surface area contributed by atoms with Crippen LogP contribution in [0.3, 0.4) is 0 Å². The number of nitro groups is 1. The summed E-state index contributed by atoms with van der Waals surface area (Å²) >= 11 is 0. The molecule has 0 radical (unpaired) electrons. The van der Waals surface area contributed by atoms with E-state index < -0.39 is 4.92 Å². The zero-order valence-corrected chi connectivity index (χ0v) is 17.7. The lowest BCUT2D eigenvalue weighted by Gasteiger charge is -2.14. The third-order valence-electron chi connectivity index (χ3n) is 4.85. The molecule has 9 heteroatoms. The van der Waals surface area contributed by atoms with Crippen LogP contribution in [0.2, 0.25) is 0 Å². The zero-order chi connectivity index (χ0) is 22.5. The van der Waals surface area contributed by atoms with Crippen LogP contribution in [0.5, 0.6) is 11.5 Å². The second kappa shape index (κ2) is 9.50. The first-order valence-electron chi connectivity index (χ1n) is 9.73. The Labute approximate surface area is 179 Å². The quantitative estimate of drug-likeness (QED) is 0.274. The Morgan fingerprint density at radius 3 is 2.52 bits per heavy atom. The monoisotopic (exact) mass is 426 g/mol. The summed E-state index contributed by atoms with van der Waals surface area (Å²) in [6.07, 6.45) is 3.43. The molecule has 0 aliphatic carbocycles. The van der Waals surface area contributed by atoms with Crippen molar-refractivity contribution in [2.75, 3.05) is 34.4 Å². The molecule has 9 nitrogen and oxygen atoms in total. The largest absolute Gasteiger partial charge is 0.508 e. The molecule has 0 saturated carbocycles. The van der Waals surface area contributed by atoms with Crippen LogP contribution >= 0.6 is 0 Å². The van der Waals surface area contributed by atoms with Crippen LogP contribution in [0.25, 0.3) is 22.7 Å². The van der Waals surface area contributed by atoms with E-state index in [-0.39, 0.29) is 24.6 Å². The predicted octanol–water partition coefficient (Wildman–Crippen LogP) is 2.87. The van der Waals surface area contributed by atoms with E-state index in [1.807, 2.05) is 26.2 Å². The summed E-state index contributed by atoms with van der Waals surface area (Å²) in [6.45, 7) is 0.500. The summed E-state index contributed by atoms with van der Waals surface area (Å²) in [4.78, 5) is 13.5. The van der Waals surface area contributed by atoms with Gasteiger partial charge in [0, 0.05) is 44.6 Å². The van der Waals surface area contributed by atoms with E-state index in [4.69, 9.17) is 9.84 Å². The van der Waals surface area contributed by atoms with Crippen LogP contribution in [0, 0.1) is 10.1 Å². The maximum Gasteiger partial charge on any atom is 0.302 e. The van der Waals surface area contributed by atoms with Gasteiger partial charge in [0.1, 0.15) is 17.2 Å². The minimum Gasteiger partial charge on any atom is -0.508 e. The molecule has 1 aromatic heterocycles. The second-order valence-electron chi connectivity index (χ2n) is 7.16. The van der Waals surface area contributed by atoms with Crippen molar-refractivity contribution in [2.45, 2.75) is 6.54 Å². The predicted molar refractivity (Wildman–Crippen MR) is 120 cm³/mol. The van der Waals surface area contributed by atoms with Crippen molar-refractivity contribution in [3.05, 3.63) is 64.0 Å². The summed E-state index contributed by atoms with van der Waals surface area (Å²) in [5.74, 6) is 0.677. The van der Waals surface area contributed by atoms with Gasteiger partial charge in [0.25, 0.3) is 0 Å². The van der Waals surface area contributed by atoms with Crippen molar-refractivity contribution < 1.29 is 19.9 Å². The number of benzene rings is 2. The first-order valence-corrected chi connectivity index (χ1v) is 9.73. The first kappa shape index (κ1) is 22.1. The van der Waals surface area contributed by atoms with Gasteiger partial charge in [-0.15, -0.1) is 0 Å². The van der Waals surface area contributed by atoms with Crippen LogP contribution in [0.15, 0.2) is 42.6 Å². The topological polar surface area (TPSA) is 113 Å². The van der Waals surface area contributed by atoms with E-state index >= 15 is 0 Å². The van der Waals surface area contributed by atoms with Gasteiger partial charge in [0.2, 0.25) is 0 Å². The van der Waals surface area contributed by atoms with Gasteiger partial charge in [0.05, 0.1) is 29.5 Å². The Bertz CT molecular complexity index is 1100. The Morgan fingerprint density at radius 2 is 1.94 bits per heavy atom. The molecule has 2 aromatic carbocycles. The maximum absolute atomic E-state index is 12.1. The van der Waals surface area contributed by atoms with Gasteiger partial charge in [-0.25, -0.2) is 0 Å². The third-order valence-corrected chi connectivity index (χ3v) is 4.85. The number of nitrogens with one attached hydrogen (secondary N) is 1. The number of aliphatic hydroxyl groups is 1. The SMILES string of the molecule is COc1ccc(-n2c(C=CN(C)C)c([N+](=O)[O-])c3ccc(O)c(CNCCO)c32)cc1. The number of aromatic hydroxyl groups is 1. The fraction of sp³-hybridized carbons (Fsp3) is 0.273. The average molecular weight is 426 g/mol. The Morgan fingerprint density at radius 1 is 1.23 bits per heavy atom.